The molecule has 2 fully saturated rings. The molecule has 1 saturated carbocycles. The molecule has 3 amide bonds. The molecular formula is C25H21N7O3S. The summed E-state index contributed by atoms with van der Waals surface area (Å²) in [6.45, 7) is 0.415. The third kappa shape index (κ3) is 4.48. The van der Waals surface area contributed by atoms with E-state index in [-0.39, 0.29) is 18.2 Å². The molecular weight excluding hydrogens is 478 g/mol. The van der Waals surface area contributed by atoms with E-state index in [1.165, 1.54) is 11.3 Å². The summed E-state index contributed by atoms with van der Waals surface area (Å²) in [5.74, 6) is -0.0911. The summed E-state index contributed by atoms with van der Waals surface area (Å²) in [7, 11) is 0. The van der Waals surface area contributed by atoms with Crippen LogP contribution in [0.3, 0.4) is 0 Å². The normalized spacial score (nSPS) is 16.5. The molecule has 6 rings (SSSR count). The second-order valence-corrected chi connectivity index (χ2v) is 9.79. The number of carbonyl (C=O) groups is 3. The van der Waals surface area contributed by atoms with Gasteiger partial charge in [0, 0.05) is 42.2 Å². The Balaban J connectivity index is 1.32. The maximum absolute atomic E-state index is 12.7. The molecule has 0 spiro atoms. The summed E-state index contributed by atoms with van der Waals surface area (Å²) in [5, 5.41) is 13.2. The molecule has 3 N–H and O–H groups in total. The van der Waals surface area contributed by atoms with Crippen molar-refractivity contribution in [3.05, 3.63) is 70.5 Å². The lowest BCUT2D eigenvalue weighted by molar-refractivity contribution is -0.124. The van der Waals surface area contributed by atoms with Crippen LogP contribution in [-0.2, 0) is 16.1 Å². The molecule has 36 heavy (non-hydrogen) atoms. The summed E-state index contributed by atoms with van der Waals surface area (Å²) in [5.41, 5.74) is 3.24. The van der Waals surface area contributed by atoms with Crippen LogP contribution in [0.15, 0.2) is 54.5 Å². The predicted octanol–water partition coefficient (Wildman–Crippen LogP) is 2.79. The van der Waals surface area contributed by atoms with Gasteiger partial charge in [0.25, 0.3) is 11.8 Å². The fourth-order valence-electron chi connectivity index (χ4n) is 3.92. The van der Waals surface area contributed by atoms with E-state index in [2.05, 4.69) is 26.0 Å². The van der Waals surface area contributed by atoms with E-state index < -0.39 is 5.91 Å². The SMILES string of the molecule is O=C1C/C(=C\c2cnn3c(NC4CC4)cc(-c4ccc(C(=O)NCc5ccncc5)s4)nc23)C(=O)N1. The first-order chi connectivity index (χ1) is 17.5. The Morgan fingerprint density at radius 2 is 2.03 bits per heavy atom. The van der Waals surface area contributed by atoms with E-state index in [4.69, 9.17) is 4.98 Å². The first kappa shape index (κ1) is 22.1. The van der Waals surface area contributed by atoms with Gasteiger partial charge in [-0.15, -0.1) is 11.3 Å². The lowest BCUT2D eigenvalue weighted by atomic mass is 10.1. The standard InChI is InChI=1S/C25H21N7O3S/c33-22-10-15(24(34)31-22)9-16-13-28-32-21(29-17-1-2-17)11-18(30-23(16)32)19-3-4-20(36-19)25(35)27-12-14-5-7-26-8-6-14/h3-9,11,13,17,29H,1-2,10,12H2,(H,27,35)(H,31,33,34)/b15-9+. The van der Waals surface area contributed by atoms with E-state index in [1.807, 2.05) is 24.3 Å². The van der Waals surface area contributed by atoms with Crippen molar-refractivity contribution < 1.29 is 14.4 Å². The molecule has 2 aliphatic rings. The zero-order valence-corrected chi connectivity index (χ0v) is 19.8. The quantitative estimate of drug-likeness (QED) is 0.263. The van der Waals surface area contributed by atoms with Gasteiger partial charge in [0.05, 0.1) is 28.1 Å². The summed E-state index contributed by atoms with van der Waals surface area (Å²) in [6, 6.07) is 9.68. The molecule has 0 bridgehead atoms. The third-order valence-electron chi connectivity index (χ3n) is 5.94. The fraction of sp³-hybridized carbons (Fsp3) is 0.200. The van der Waals surface area contributed by atoms with Gasteiger partial charge in [-0.2, -0.15) is 9.61 Å². The Morgan fingerprint density at radius 1 is 1.19 bits per heavy atom. The average Bonchev–Trinajstić information content (AvgIpc) is 3.25. The van der Waals surface area contributed by atoms with Crippen molar-refractivity contribution in [3.8, 4) is 10.6 Å². The van der Waals surface area contributed by atoms with Gasteiger partial charge >= 0.3 is 0 Å². The number of rotatable bonds is 7. The van der Waals surface area contributed by atoms with Crippen LogP contribution in [-0.4, -0.2) is 43.3 Å². The second-order valence-electron chi connectivity index (χ2n) is 8.71. The molecule has 10 nitrogen and oxygen atoms in total. The monoisotopic (exact) mass is 499 g/mol. The molecule has 180 valence electrons. The highest BCUT2D eigenvalue weighted by atomic mass is 32.1. The third-order valence-corrected chi connectivity index (χ3v) is 7.04. The van der Waals surface area contributed by atoms with Gasteiger partial charge in [-0.05, 0) is 48.7 Å². The van der Waals surface area contributed by atoms with Crippen molar-refractivity contribution >= 4 is 46.6 Å². The maximum Gasteiger partial charge on any atom is 0.261 e. The van der Waals surface area contributed by atoms with Gasteiger partial charge in [-0.25, -0.2) is 4.98 Å². The van der Waals surface area contributed by atoms with Crippen molar-refractivity contribution in [3.63, 3.8) is 0 Å². The van der Waals surface area contributed by atoms with Gasteiger partial charge < -0.3 is 10.6 Å². The number of amides is 3. The highest BCUT2D eigenvalue weighted by Gasteiger charge is 2.26. The summed E-state index contributed by atoms with van der Waals surface area (Å²) >= 11 is 1.35. The Bertz CT molecular complexity index is 1540. The van der Waals surface area contributed by atoms with Crippen LogP contribution < -0.4 is 16.0 Å². The minimum Gasteiger partial charge on any atom is -0.367 e. The van der Waals surface area contributed by atoms with Gasteiger partial charge in [-0.1, -0.05) is 0 Å². The Kier molecular flexibility index (Phi) is 5.53. The van der Waals surface area contributed by atoms with Crippen molar-refractivity contribution in [1.82, 2.24) is 30.2 Å². The lowest BCUT2D eigenvalue weighted by Gasteiger charge is -2.09. The number of carbonyl (C=O) groups excluding carboxylic acids is 3. The first-order valence-electron chi connectivity index (χ1n) is 11.5. The van der Waals surface area contributed by atoms with Crippen LogP contribution in [0.1, 0.15) is 40.1 Å². The zero-order chi connectivity index (χ0) is 24.6. The molecule has 11 heteroatoms. The molecule has 5 heterocycles. The Morgan fingerprint density at radius 3 is 2.78 bits per heavy atom. The number of pyridine rings is 1. The van der Waals surface area contributed by atoms with E-state index >= 15 is 0 Å². The number of nitrogens with zero attached hydrogens (tertiary/aromatic N) is 4. The number of nitrogens with one attached hydrogen (secondary N) is 3. The van der Waals surface area contributed by atoms with Crippen molar-refractivity contribution in [2.24, 2.45) is 0 Å². The average molecular weight is 500 g/mol. The highest BCUT2D eigenvalue weighted by molar-refractivity contribution is 7.17. The molecule has 0 aromatic carbocycles. The molecule has 4 aromatic rings. The molecule has 1 aliphatic heterocycles. The summed E-state index contributed by atoms with van der Waals surface area (Å²) < 4.78 is 1.71. The maximum atomic E-state index is 12.7. The van der Waals surface area contributed by atoms with E-state index in [0.29, 0.717) is 39.9 Å². The summed E-state index contributed by atoms with van der Waals surface area (Å²) in [6.07, 6.45) is 8.88. The van der Waals surface area contributed by atoms with Crippen LogP contribution in [0.2, 0.25) is 0 Å². The van der Waals surface area contributed by atoms with Crippen LogP contribution in [0.25, 0.3) is 22.3 Å². The minimum atomic E-state index is -0.396. The highest BCUT2D eigenvalue weighted by Crippen LogP contribution is 2.32. The van der Waals surface area contributed by atoms with Crippen molar-refractivity contribution in [2.75, 3.05) is 5.32 Å². The molecule has 0 atom stereocenters. The number of hydrogen-bond donors (Lipinski definition) is 3. The van der Waals surface area contributed by atoms with Crippen LogP contribution in [0, 0.1) is 0 Å². The van der Waals surface area contributed by atoms with Gasteiger partial charge in [-0.3, -0.25) is 24.7 Å². The zero-order valence-electron chi connectivity index (χ0n) is 19.0. The van der Waals surface area contributed by atoms with Crippen LogP contribution in [0.4, 0.5) is 5.82 Å². The number of anilines is 1. The van der Waals surface area contributed by atoms with Crippen LogP contribution in [0.5, 0.6) is 0 Å². The molecule has 1 saturated heterocycles. The van der Waals surface area contributed by atoms with Crippen LogP contribution >= 0.6 is 11.3 Å². The number of thiophene rings is 1. The first-order valence-corrected chi connectivity index (χ1v) is 12.3. The Labute approximate surface area is 209 Å². The number of aromatic nitrogens is 4. The van der Waals surface area contributed by atoms with Crippen molar-refractivity contribution in [1.29, 1.82) is 0 Å². The number of fused-ring (bicyclic) bond motifs is 1. The van der Waals surface area contributed by atoms with Gasteiger partial charge in [0.1, 0.15) is 5.82 Å². The number of imide groups is 1. The molecule has 0 unspecified atom stereocenters. The van der Waals surface area contributed by atoms with Gasteiger partial charge in [0.2, 0.25) is 5.91 Å². The van der Waals surface area contributed by atoms with Gasteiger partial charge in [0.15, 0.2) is 5.65 Å². The lowest BCUT2D eigenvalue weighted by Crippen LogP contribution is -2.21. The second kappa shape index (κ2) is 9.00. The topological polar surface area (TPSA) is 130 Å². The Hall–Kier alpha value is -4.38. The predicted molar refractivity (Wildman–Crippen MR) is 134 cm³/mol. The fourth-order valence-corrected chi connectivity index (χ4v) is 4.81. The molecule has 4 aromatic heterocycles. The molecule has 1 aliphatic carbocycles. The van der Waals surface area contributed by atoms with E-state index in [9.17, 15) is 14.4 Å². The minimum absolute atomic E-state index is 0.0337. The largest absolute Gasteiger partial charge is 0.367 e. The van der Waals surface area contributed by atoms with Crippen molar-refractivity contribution in [2.45, 2.75) is 31.8 Å². The smallest absolute Gasteiger partial charge is 0.261 e. The van der Waals surface area contributed by atoms with E-state index in [0.717, 1.165) is 29.1 Å². The number of hydrogen-bond acceptors (Lipinski definition) is 8. The molecule has 0 radical (unpaired) electrons. The summed E-state index contributed by atoms with van der Waals surface area (Å²) in [4.78, 5) is 46.6. The van der Waals surface area contributed by atoms with E-state index in [1.54, 1.807) is 35.2 Å².